The Balaban J connectivity index is 1.35. The molecule has 2 aliphatic heterocycles. The molecule has 0 aromatic heterocycles. The standard InChI is InChI=1S/C27H25NO4/c28-27(21-8-12-23(13-9-21)30-16-25-18-32-25)14-26(19-4-2-1-3-5-19)20-6-10-22(11-7-20)29-15-24-17-31-24/h1-14,24-25,28H,15-18H2/b26-14+,28-27?. The van der Waals surface area contributed by atoms with Gasteiger partial charge in [-0.15, -0.1) is 0 Å². The molecule has 5 heteroatoms. The van der Waals surface area contributed by atoms with Crippen molar-refractivity contribution in [2.24, 2.45) is 0 Å². The summed E-state index contributed by atoms with van der Waals surface area (Å²) < 4.78 is 21.8. The third kappa shape index (κ3) is 5.44. The van der Waals surface area contributed by atoms with Gasteiger partial charge in [0.25, 0.3) is 0 Å². The van der Waals surface area contributed by atoms with Crippen LogP contribution in [0.4, 0.5) is 0 Å². The minimum Gasteiger partial charge on any atom is -0.491 e. The average Bonchev–Trinajstić information content (AvgIpc) is 3.76. The fraction of sp³-hybridized carbons (Fsp3) is 0.222. The second-order valence-corrected chi connectivity index (χ2v) is 7.92. The SMILES string of the molecule is N=C(/C=C(\c1ccccc1)c1ccc(OCC2CO2)cc1)c1ccc(OCC2CO2)cc1. The summed E-state index contributed by atoms with van der Waals surface area (Å²) in [6.07, 6.45) is 2.37. The maximum atomic E-state index is 8.70. The smallest absolute Gasteiger partial charge is 0.119 e. The summed E-state index contributed by atoms with van der Waals surface area (Å²) in [5, 5.41) is 8.70. The van der Waals surface area contributed by atoms with Crippen molar-refractivity contribution in [3.63, 3.8) is 0 Å². The molecule has 2 saturated heterocycles. The number of allylic oxidation sites excluding steroid dienone is 1. The van der Waals surface area contributed by atoms with Gasteiger partial charge in [0.15, 0.2) is 0 Å². The first-order chi connectivity index (χ1) is 15.7. The Bertz CT molecular complexity index is 1080. The van der Waals surface area contributed by atoms with E-state index in [2.05, 4.69) is 12.1 Å². The molecular formula is C27H25NO4. The Morgan fingerprint density at radius 3 is 1.69 bits per heavy atom. The van der Waals surface area contributed by atoms with E-state index >= 15 is 0 Å². The van der Waals surface area contributed by atoms with Crippen molar-refractivity contribution in [1.29, 1.82) is 5.41 Å². The molecule has 5 rings (SSSR count). The van der Waals surface area contributed by atoms with Crippen LogP contribution in [0.15, 0.2) is 84.9 Å². The van der Waals surface area contributed by atoms with Gasteiger partial charge in [-0.1, -0.05) is 42.5 Å². The van der Waals surface area contributed by atoms with Gasteiger partial charge in [0, 0.05) is 0 Å². The molecule has 0 saturated carbocycles. The number of epoxide rings is 2. The molecule has 3 aromatic carbocycles. The van der Waals surface area contributed by atoms with Crippen LogP contribution in [-0.4, -0.2) is 44.3 Å². The number of nitrogens with one attached hydrogen (secondary N) is 1. The highest BCUT2D eigenvalue weighted by Gasteiger charge is 2.23. The summed E-state index contributed by atoms with van der Waals surface area (Å²) in [7, 11) is 0. The lowest BCUT2D eigenvalue weighted by Gasteiger charge is -2.11. The third-order valence-corrected chi connectivity index (χ3v) is 5.38. The Labute approximate surface area is 187 Å². The Kier molecular flexibility index (Phi) is 6.01. The largest absolute Gasteiger partial charge is 0.491 e. The number of hydrogen-bond acceptors (Lipinski definition) is 5. The fourth-order valence-corrected chi connectivity index (χ4v) is 3.35. The summed E-state index contributed by atoms with van der Waals surface area (Å²) in [5.74, 6) is 1.61. The number of hydrogen-bond donors (Lipinski definition) is 1. The molecule has 3 aromatic rings. The minimum atomic E-state index is 0.225. The van der Waals surface area contributed by atoms with Crippen molar-refractivity contribution in [2.45, 2.75) is 12.2 Å². The molecule has 2 fully saturated rings. The zero-order valence-electron chi connectivity index (χ0n) is 17.7. The average molecular weight is 428 g/mol. The molecule has 2 atom stereocenters. The van der Waals surface area contributed by atoms with E-state index in [-0.39, 0.29) is 12.2 Å². The molecule has 2 aliphatic rings. The molecule has 32 heavy (non-hydrogen) atoms. The van der Waals surface area contributed by atoms with Gasteiger partial charge in [0.05, 0.1) is 18.9 Å². The molecule has 2 unspecified atom stereocenters. The van der Waals surface area contributed by atoms with Gasteiger partial charge >= 0.3 is 0 Å². The van der Waals surface area contributed by atoms with E-state index in [0.29, 0.717) is 18.9 Å². The van der Waals surface area contributed by atoms with Gasteiger partial charge in [0.2, 0.25) is 0 Å². The topological polar surface area (TPSA) is 67.4 Å². The van der Waals surface area contributed by atoms with Crippen LogP contribution in [0.2, 0.25) is 0 Å². The zero-order valence-corrected chi connectivity index (χ0v) is 17.7. The second kappa shape index (κ2) is 9.39. The first-order valence-electron chi connectivity index (χ1n) is 10.8. The van der Waals surface area contributed by atoms with Gasteiger partial charge in [-0.2, -0.15) is 0 Å². The molecule has 0 spiro atoms. The predicted molar refractivity (Wildman–Crippen MR) is 124 cm³/mol. The van der Waals surface area contributed by atoms with Gasteiger partial charge in [0.1, 0.15) is 36.9 Å². The maximum Gasteiger partial charge on any atom is 0.119 e. The lowest BCUT2D eigenvalue weighted by atomic mass is 9.95. The molecule has 0 amide bonds. The molecule has 162 valence electrons. The van der Waals surface area contributed by atoms with Crippen LogP contribution < -0.4 is 9.47 Å². The van der Waals surface area contributed by atoms with Crippen LogP contribution in [-0.2, 0) is 9.47 Å². The number of ether oxygens (including phenoxy) is 4. The van der Waals surface area contributed by atoms with E-state index in [4.69, 9.17) is 24.4 Å². The van der Waals surface area contributed by atoms with Gasteiger partial charge < -0.3 is 24.4 Å². The molecule has 5 nitrogen and oxygen atoms in total. The summed E-state index contributed by atoms with van der Waals surface area (Å²) in [6.45, 7) is 2.71. The van der Waals surface area contributed by atoms with Crippen LogP contribution in [0.5, 0.6) is 11.5 Å². The maximum absolute atomic E-state index is 8.70. The van der Waals surface area contributed by atoms with Crippen molar-refractivity contribution in [1.82, 2.24) is 0 Å². The van der Waals surface area contributed by atoms with Crippen LogP contribution in [0.1, 0.15) is 16.7 Å². The van der Waals surface area contributed by atoms with Gasteiger partial charge in [-0.3, -0.25) is 0 Å². The second-order valence-electron chi connectivity index (χ2n) is 7.92. The van der Waals surface area contributed by atoms with Crippen molar-refractivity contribution in [3.8, 4) is 11.5 Å². The number of rotatable bonds is 10. The van der Waals surface area contributed by atoms with E-state index in [1.807, 2.05) is 72.8 Å². The summed E-state index contributed by atoms with van der Waals surface area (Å²) in [4.78, 5) is 0. The Hall–Kier alpha value is -3.41. The first kappa shape index (κ1) is 20.5. The zero-order chi connectivity index (χ0) is 21.8. The van der Waals surface area contributed by atoms with Crippen LogP contribution in [0.25, 0.3) is 5.57 Å². The Morgan fingerprint density at radius 1 is 0.719 bits per heavy atom. The van der Waals surface area contributed by atoms with E-state index in [0.717, 1.165) is 47.0 Å². The van der Waals surface area contributed by atoms with Crippen LogP contribution in [0.3, 0.4) is 0 Å². The quantitative estimate of drug-likeness (QED) is 0.375. The summed E-state index contributed by atoms with van der Waals surface area (Å²) >= 11 is 0. The minimum absolute atomic E-state index is 0.225. The predicted octanol–water partition coefficient (Wildman–Crippen LogP) is 4.74. The van der Waals surface area contributed by atoms with E-state index < -0.39 is 0 Å². The lowest BCUT2D eigenvalue weighted by Crippen LogP contribution is -2.04. The monoisotopic (exact) mass is 427 g/mol. The fourth-order valence-electron chi connectivity index (χ4n) is 3.35. The molecule has 2 heterocycles. The van der Waals surface area contributed by atoms with Crippen LogP contribution in [0, 0.1) is 5.41 Å². The summed E-state index contributed by atoms with van der Waals surface area (Å²) in [6, 6.07) is 25.8. The highest BCUT2D eigenvalue weighted by atomic mass is 16.6. The van der Waals surface area contributed by atoms with Gasteiger partial charge in [-0.05, 0) is 64.7 Å². The third-order valence-electron chi connectivity index (χ3n) is 5.38. The van der Waals surface area contributed by atoms with E-state index in [1.165, 1.54) is 0 Å². The number of benzene rings is 3. The normalized spacial score (nSPS) is 19.3. The highest BCUT2D eigenvalue weighted by Crippen LogP contribution is 2.27. The van der Waals surface area contributed by atoms with Gasteiger partial charge in [-0.25, -0.2) is 0 Å². The van der Waals surface area contributed by atoms with Crippen LogP contribution >= 0.6 is 0 Å². The van der Waals surface area contributed by atoms with E-state index in [9.17, 15) is 0 Å². The lowest BCUT2D eigenvalue weighted by molar-refractivity contribution is 0.263. The van der Waals surface area contributed by atoms with Crippen molar-refractivity contribution in [3.05, 3.63) is 102 Å². The molecule has 0 aliphatic carbocycles. The van der Waals surface area contributed by atoms with Crippen molar-refractivity contribution >= 4 is 11.3 Å². The van der Waals surface area contributed by atoms with Crippen molar-refractivity contribution in [2.75, 3.05) is 26.4 Å². The molecular weight excluding hydrogens is 402 g/mol. The Morgan fingerprint density at radius 2 is 1.19 bits per heavy atom. The highest BCUT2D eigenvalue weighted by molar-refractivity contribution is 6.12. The first-order valence-corrected chi connectivity index (χ1v) is 10.8. The van der Waals surface area contributed by atoms with E-state index in [1.54, 1.807) is 0 Å². The molecule has 0 bridgehead atoms. The molecule has 1 N–H and O–H groups in total. The summed E-state index contributed by atoms with van der Waals surface area (Å²) in [5.41, 5.74) is 4.34. The molecule has 0 radical (unpaired) electrons. The van der Waals surface area contributed by atoms with Crippen molar-refractivity contribution < 1.29 is 18.9 Å².